The molecule has 1 N–H and O–H groups in total. The van der Waals surface area contributed by atoms with Crippen molar-refractivity contribution in [3.8, 4) is 0 Å². The fourth-order valence-electron chi connectivity index (χ4n) is 2.13. The van der Waals surface area contributed by atoms with E-state index >= 15 is 0 Å². The molecule has 0 radical (unpaired) electrons. The van der Waals surface area contributed by atoms with Gasteiger partial charge in [-0.25, -0.2) is 0 Å². The lowest BCUT2D eigenvalue weighted by Crippen LogP contribution is -2.49. The van der Waals surface area contributed by atoms with Gasteiger partial charge in [-0.1, -0.05) is 23.7 Å². The lowest BCUT2D eigenvalue weighted by atomic mass is 9.88. The molecule has 1 nitrogen and oxygen atoms in total. The summed E-state index contributed by atoms with van der Waals surface area (Å²) >= 11 is 5.68. The molecule has 1 aromatic carbocycles. The van der Waals surface area contributed by atoms with Crippen LogP contribution in [0.3, 0.4) is 0 Å². The summed E-state index contributed by atoms with van der Waals surface area (Å²) < 4.78 is 39.3. The first-order chi connectivity index (χ1) is 7.46. The minimum Gasteiger partial charge on any atom is -0.300 e. The fourth-order valence-corrected chi connectivity index (χ4v) is 2.26. The Hall–Kier alpha value is -0.740. The second-order valence-corrected chi connectivity index (χ2v) is 4.38. The maximum Gasteiger partial charge on any atom is 0.410 e. The van der Waals surface area contributed by atoms with Crippen LogP contribution in [0.1, 0.15) is 18.4 Å². The smallest absolute Gasteiger partial charge is 0.300 e. The monoisotopic (exact) mass is 249 g/mol. The molecule has 0 aromatic heterocycles. The van der Waals surface area contributed by atoms with Crippen molar-refractivity contribution < 1.29 is 13.2 Å². The van der Waals surface area contributed by atoms with Crippen molar-refractivity contribution in [3.63, 3.8) is 0 Å². The van der Waals surface area contributed by atoms with Crippen molar-refractivity contribution >= 4 is 11.6 Å². The van der Waals surface area contributed by atoms with Crippen LogP contribution in [0.5, 0.6) is 0 Å². The van der Waals surface area contributed by atoms with Crippen molar-refractivity contribution in [2.24, 2.45) is 0 Å². The standard InChI is InChI=1S/C11H11ClF3N/c12-9-4-2-8(3-5-9)10(11(13,14)15)6-1-7-16-10/h2-5,16H,1,6-7H2. The Bertz CT molecular complexity index is 366. The number of benzene rings is 1. The SMILES string of the molecule is FC(F)(F)C1(c2ccc(Cl)cc2)CCCN1. The number of hydrogen-bond acceptors (Lipinski definition) is 1. The summed E-state index contributed by atoms with van der Waals surface area (Å²) in [5, 5.41) is 3.02. The summed E-state index contributed by atoms with van der Waals surface area (Å²) in [5.41, 5.74) is -1.65. The van der Waals surface area contributed by atoms with Gasteiger partial charge in [0.15, 0.2) is 0 Å². The third kappa shape index (κ3) is 1.80. The third-order valence-corrected chi connectivity index (χ3v) is 3.23. The van der Waals surface area contributed by atoms with E-state index in [9.17, 15) is 13.2 Å². The Morgan fingerprint density at radius 2 is 1.81 bits per heavy atom. The van der Waals surface area contributed by atoms with E-state index in [0.29, 0.717) is 18.0 Å². The molecule has 0 spiro atoms. The molecule has 0 saturated carbocycles. The molecule has 16 heavy (non-hydrogen) atoms. The van der Waals surface area contributed by atoms with E-state index in [1.165, 1.54) is 24.3 Å². The Kier molecular flexibility index (Phi) is 2.88. The van der Waals surface area contributed by atoms with Crippen LogP contribution in [0, 0.1) is 0 Å². The molecule has 5 heteroatoms. The predicted molar refractivity (Wildman–Crippen MR) is 56.4 cm³/mol. The van der Waals surface area contributed by atoms with Gasteiger partial charge in [0.25, 0.3) is 0 Å². The summed E-state index contributed by atoms with van der Waals surface area (Å²) in [4.78, 5) is 0. The number of rotatable bonds is 1. The number of hydrogen-bond donors (Lipinski definition) is 1. The molecule has 1 fully saturated rings. The summed E-state index contributed by atoms with van der Waals surface area (Å²) in [6.07, 6.45) is -3.67. The topological polar surface area (TPSA) is 12.0 Å². The van der Waals surface area contributed by atoms with E-state index in [2.05, 4.69) is 5.32 Å². The van der Waals surface area contributed by atoms with Crippen LogP contribution >= 0.6 is 11.6 Å². The summed E-state index contributed by atoms with van der Waals surface area (Å²) in [6, 6.07) is 5.86. The lowest BCUT2D eigenvalue weighted by molar-refractivity contribution is -0.196. The van der Waals surface area contributed by atoms with Gasteiger partial charge in [0.05, 0.1) is 0 Å². The van der Waals surface area contributed by atoms with Crippen LogP contribution in [0.4, 0.5) is 13.2 Å². The highest BCUT2D eigenvalue weighted by Crippen LogP contribution is 2.44. The van der Waals surface area contributed by atoms with Gasteiger partial charge in [0.1, 0.15) is 5.54 Å². The van der Waals surface area contributed by atoms with Crippen LogP contribution in [0.25, 0.3) is 0 Å². The second-order valence-electron chi connectivity index (χ2n) is 3.94. The van der Waals surface area contributed by atoms with Crippen molar-refractivity contribution in [2.45, 2.75) is 24.6 Å². The fraction of sp³-hybridized carbons (Fsp3) is 0.455. The van der Waals surface area contributed by atoms with Crippen LogP contribution in [-0.2, 0) is 5.54 Å². The summed E-state index contributed by atoms with van der Waals surface area (Å²) in [7, 11) is 0. The molecular weight excluding hydrogens is 239 g/mol. The number of alkyl halides is 3. The van der Waals surface area contributed by atoms with Crippen LogP contribution in [0.15, 0.2) is 24.3 Å². The number of halogens is 4. The van der Waals surface area contributed by atoms with Crippen molar-refractivity contribution in [1.29, 1.82) is 0 Å². The Labute approximate surface area is 96.6 Å². The lowest BCUT2D eigenvalue weighted by Gasteiger charge is -2.32. The zero-order chi connectivity index (χ0) is 11.8. The van der Waals surface area contributed by atoms with Gasteiger partial charge in [-0.2, -0.15) is 13.2 Å². The van der Waals surface area contributed by atoms with E-state index in [1.807, 2.05) is 0 Å². The molecule has 1 aromatic rings. The third-order valence-electron chi connectivity index (χ3n) is 2.98. The molecule has 88 valence electrons. The van der Waals surface area contributed by atoms with Crippen molar-refractivity contribution in [1.82, 2.24) is 5.32 Å². The molecule has 1 atom stereocenters. The average molecular weight is 250 g/mol. The molecular formula is C11H11ClF3N. The van der Waals surface area contributed by atoms with Crippen LogP contribution < -0.4 is 5.32 Å². The first-order valence-electron chi connectivity index (χ1n) is 5.03. The maximum absolute atomic E-state index is 13.1. The van der Waals surface area contributed by atoms with Gasteiger partial charge in [0, 0.05) is 5.02 Å². The van der Waals surface area contributed by atoms with E-state index < -0.39 is 11.7 Å². The van der Waals surface area contributed by atoms with Crippen LogP contribution in [-0.4, -0.2) is 12.7 Å². The van der Waals surface area contributed by atoms with E-state index in [-0.39, 0.29) is 12.0 Å². The van der Waals surface area contributed by atoms with Gasteiger partial charge < -0.3 is 0 Å². The van der Waals surface area contributed by atoms with Crippen LogP contribution in [0.2, 0.25) is 5.02 Å². The molecule has 0 aliphatic carbocycles. The Morgan fingerprint density at radius 3 is 2.25 bits per heavy atom. The highest BCUT2D eigenvalue weighted by atomic mass is 35.5. The van der Waals surface area contributed by atoms with Gasteiger partial charge in [-0.15, -0.1) is 0 Å². The molecule has 2 rings (SSSR count). The van der Waals surface area contributed by atoms with Gasteiger partial charge in [-0.05, 0) is 37.1 Å². The summed E-state index contributed by atoms with van der Waals surface area (Å²) in [5.74, 6) is 0. The highest BCUT2D eigenvalue weighted by Gasteiger charge is 2.57. The number of nitrogens with one attached hydrogen (secondary N) is 1. The predicted octanol–water partition coefficient (Wildman–Crippen LogP) is 3.48. The van der Waals surface area contributed by atoms with Crippen molar-refractivity contribution in [3.05, 3.63) is 34.9 Å². The van der Waals surface area contributed by atoms with Crippen molar-refractivity contribution in [2.75, 3.05) is 6.54 Å². The minimum atomic E-state index is -4.28. The Morgan fingerprint density at radius 1 is 1.19 bits per heavy atom. The second kappa shape index (κ2) is 3.93. The van der Waals surface area contributed by atoms with E-state index in [0.717, 1.165) is 0 Å². The molecule has 1 aliphatic heterocycles. The zero-order valence-corrected chi connectivity index (χ0v) is 9.20. The normalized spacial score (nSPS) is 26.0. The molecule has 0 amide bonds. The van der Waals surface area contributed by atoms with Gasteiger partial charge >= 0.3 is 6.18 Å². The zero-order valence-electron chi connectivity index (χ0n) is 8.44. The minimum absolute atomic E-state index is 0.0815. The first-order valence-corrected chi connectivity index (χ1v) is 5.41. The van der Waals surface area contributed by atoms with E-state index in [4.69, 9.17) is 11.6 Å². The highest BCUT2D eigenvalue weighted by molar-refractivity contribution is 6.30. The van der Waals surface area contributed by atoms with Gasteiger partial charge in [0.2, 0.25) is 0 Å². The molecule has 0 bridgehead atoms. The molecule has 1 heterocycles. The molecule has 1 saturated heterocycles. The molecule has 1 aliphatic rings. The largest absolute Gasteiger partial charge is 0.410 e. The van der Waals surface area contributed by atoms with E-state index in [1.54, 1.807) is 0 Å². The average Bonchev–Trinajstić information content (AvgIpc) is 2.68. The van der Waals surface area contributed by atoms with Gasteiger partial charge in [-0.3, -0.25) is 5.32 Å². The first kappa shape index (κ1) is 11.7. The molecule has 1 unspecified atom stereocenters. The Balaban J connectivity index is 2.44. The quantitative estimate of drug-likeness (QED) is 0.804. The summed E-state index contributed by atoms with van der Waals surface area (Å²) in [6.45, 7) is 0.391. The maximum atomic E-state index is 13.1.